The number of hydrogen-bond acceptors (Lipinski definition) is 7. The van der Waals surface area contributed by atoms with Gasteiger partial charge in [-0.15, -0.1) is 0 Å². The van der Waals surface area contributed by atoms with Gasteiger partial charge < -0.3 is 9.47 Å². The van der Waals surface area contributed by atoms with E-state index in [2.05, 4.69) is 5.10 Å². The van der Waals surface area contributed by atoms with Crippen molar-refractivity contribution in [3.8, 4) is 5.75 Å². The Morgan fingerprint density at radius 3 is 2.35 bits per heavy atom. The van der Waals surface area contributed by atoms with Gasteiger partial charge in [-0.25, -0.2) is 13.4 Å². The summed E-state index contributed by atoms with van der Waals surface area (Å²) in [6.07, 6.45) is 1.34. The molecule has 3 aromatic carbocycles. The summed E-state index contributed by atoms with van der Waals surface area (Å²) in [5.74, 6) is -0.542. The van der Waals surface area contributed by atoms with E-state index >= 15 is 0 Å². The molecule has 10 heteroatoms. The van der Waals surface area contributed by atoms with Gasteiger partial charge in [-0.05, 0) is 55.2 Å². The minimum atomic E-state index is -3.89. The molecule has 208 valence electrons. The molecule has 0 aromatic heterocycles. The van der Waals surface area contributed by atoms with Crippen molar-refractivity contribution in [1.29, 1.82) is 0 Å². The average molecular weight is 562 g/mol. The lowest BCUT2D eigenvalue weighted by atomic mass is 9.98. The number of rotatable bonds is 8. The van der Waals surface area contributed by atoms with Gasteiger partial charge in [0, 0.05) is 13.0 Å². The van der Waals surface area contributed by atoms with Crippen LogP contribution in [0.25, 0.3) is 0 Å². The summed E-state index contributed by atoms with van der Waals surface area (Å²) in [5.41, 5.74) is 3.44. The van der Waals surface area contributed by atoms with Crippen molar-refractivity contribution < 1.29 is 27.5 Å². The molecule has 2 aliphatic heterocycles. The van der Waals surface area contributed by atoms with Crippen molar-refractivity contribution >= 4 is 27.6 Å². The predicted octanol–water partition coefficient (Wildman–Crippen LogP) is 4.08. The number of amides is 1. The monoisotopic (exact) mass is 561 g/mol. The summed E-state index contributed by atoms with van der Waals surface area (Å²) in [5, 5.41) is 5.96. The van der Waals surface area contributed by atoms with Crippen LogP contribution in [0.4, 0.5) is 0 Å². The first kappa shape index (κ1) is 27.5. The zero-order valence-corrected chi connectivity index (χ0v) is 23.2. The zero-order chi connectivity index (χ0) is 28.3. The fraction of sp³-hybridized carbons (Fsp3) is 0.300. The number of carbonyl (C=O) groups is 2. The van der Waals surface area contributed by atoms with E-state index in [0.29, 0.717) is 25.0 Å². The Kier molecular flexibility index (Phi) is 7.99. The molecule has 0 aliphatic carbocycles. The van der Waals surface area contributed by atoms with Crippen LogP contribution in [0, 0.1) is 6.92 Å². The molecule has 0 radical (unpaired) electrons. The van der Waals surface area contributed by atoms with Crippen LogP contribution in [0.2, 0.25) is 0 Å². The van der Waals surface area contributed by atoms with Crippen molar-refractivity contribution in [3.63, 3.8) is 0 Å². The summed E-state index contributed by atoms with van der Waals surface area (Å²) < 4.78 is 38.3. The summed E-state index contributed by atoms with van der Waals surface area (Å²) in [6.45, 7) is 1.53. The molecule has 1 fully saturated rings. The quantitative estimate of drug-likeness (QED) is 0.384. The molecule has 2 heterocycles. The molecule has 2 atom stereocenters. The van der Waals surface area contributed by atoms with Crippen LogP contribution in [0.5, 0.6) is 5.75 Å². The molecular weight excluding hydrogens is 530 g/mol. The van der Waals surface area contributed by atoms with Crippen LogP contribution in [-0.2, 0) is 24.3 Å². The topological polar surface area (TPSA) is 106 Å². The van der Waals surface area contributed by atoms with Crippen molar-refractivity contribution in [2.24, 2.45) is 5.10 Å². The number of ether oxygens (including phenoxy) is 2. The van der Waals surface area contributed by atoms with E-state index < -0.39 is 40.6 Å². The number of hydrogen-bond donors (Lipinski definition) is 0. The van der Waals surface area contributed by atoms with E-state index in [-0.39, 0.29) is 11.4 Å². The lowest BCUT2D eigenvalue weighted by Crippen LogP contribution is -2.42. The van der Waals surface area contributed by atoms with Crippen LogP contribution >= 0.6 is 0 Å². The maximum absolute atomic E-state index is 13.4. The van der Waals surface area contributed by atoms with E-state index in [9.17, 15) is 18.0 Å². The lowest BCUT2D eigenvalue weighted by molar-refractivity contribution is -0.155. The molecule has 1 amide bonds. The molecule has 2 unspecified atom stereocenters. The first-order valence-electron chi connectivity index (χ1n) is 13.1. The Balaban J connectivity index is 1.31. The Morgan fingerprint density at radius 2 is 1.68 bits per heavy atom. The van der Waals surface area contributed by atoms with Gasteiger partial charge >= 0.3 is 5.97 Å². The van der Waals surface area contributed by atoms with Gasteiger partial charge in [0.25, 0.3) is 5.91 Å². The first-order valence-corrected chi connectivity index (χ1v) is 14.6. The highest BCUT2D eigenvalue weighted by atomic mass is 32.2. The van der Waals surface area contributed by atoms with Crippen LogP contribution in [-0.4, -0.2) is 61.6 Å². The summed E-state index contributed by atoms with van der Waals surface area (Å²) in [4.78, 5) is 26.6. The number of carbonyl (C=O) groups excluding carboxylic acids is 2. The van der Waals surface area contributed by atoms with Gasteiger partial charge in [0.2, 0.25) is 10.0 Å². The number of aryl methyl sites for hydroxylation is 1. The largest absolute Gasteiger partial charge is 0.497 e. The maximum Gasteiger partial charge on any atom is 0.324 e. The van der Waals surface area contributed by atoms with Gasteiger partial charge in [0.05, 0.1) is 23.8 Å². The number of esters is 1. The third kappa shape index (κ3) is 5.64. The second kappa shape index (κ2) is 11.6. The highest BCUT2D eigenvalue weighted by Gasteiger charge is 2.41. The minimum Gasteiger partial charge on any atom is -0.497 e. The number of benzene rings is 3. The molecule has 0 spiro atoms. The van der Waals surface area contributed by atoms with Crippen molar-refractivity contribution in [1.82, 2.24) is 9.31 Å². The summed E-state index contributed by atoms with van der Waals surface area (Å²) in [6, 6.07) is 22.1. The van der Waals surface area contributed by atoms with E-state index in [4.69, 9.17) is 9.47 Å². The number of hydrazone groups is 1. The SMILES string of the molecule is COc1ccc(C2CC(c3ccccc3)=NN2C(=O)COC(=O)C2CCCN2S(=O)(=O)c2ccc(C)cc2)cc1. The van der Waals surface area contributed by atoms with Crippen LogP contribution < -0.4 is 4.74 Å². The lowest BCUT2D eigenvalue weighted by Gasteiger charge is -2.24. The molecule has 1 saturated heterocycles. The number of nitrogens with zero attached hydrogens (tertiary/aromatic N) is 3. The summed E-state index contributed by atoms with van der Waals surface area (Å²) in [7, 11) is -2.30. The molecule has 9 nitrogen and oxygen atoms in total. The second-order valence-electron chi connectivity index (χ2n) is 9.84. The smallest absolute Gasteiger partial charge is 0.324 e. The van der Waals surface area contributed by atoms with E-state index in [1.807, 2.05) is 61.5 Å². The van der Waals surface area contributed by atoms with Crippen molar-refractivity contribution in [2.75, 3.05) is 20.3 Å². The number of sulfonamides is 1. The first-order chi connectivity index (χ1) is 19.3. The molecule has 0 N–H and O–H groups in total. The fourth-order valence-electron chi connectivity index (χ4n) is 5.04. The molecule has 0 bridgehead atoms. The standard InChI is InChI=1S/C30H31N3O6S/c1-21-10-16-25(17-11-21)40(36,37)32-18-6-9-27(32)30(35)39-20-29(34)33-28(23-12-14-24(38-2)15-13-23)19-26(31-33)22-7-4-3-5-8-22/h3-5,7-8,10-17,27-28H,6,9,18-20H2,1-2H3. The molecule has 3 aromatic rings. The van der Waals surface area contributed by atoms with Crippen molar-refractivity contribution in [2.45, 2.75) is 43.2 Å². The highest BCUT2D eigenvalue weighted by Crippen LogP contribution is 2.34. The number of methoxy groups -OCH3 is 1. The maximum atomic E-state index is 13.4. The Labute approximate surface area is 234 Å². The Bertz CT molecular complexity index is 1510. The van der Waals surface area contributed by atoms with E-state index in [1.54, 1.807) is 19.2 Å². The predicted molar refractivity (Wildman–Crippen MR) is 149 cm³/mol. The van der Waals surface area contributed by atoms with Gasteiger partial charge in [0.15, 0.2) is 6.61 Å². The van der Waals surface area contributed by atoms with Gasteiger partial charge in [-0.2, -0.15) is 9.41 Å². The van der Waals surface area contributed by atoms with Crippen LogP contribution in [0.1, 0.15) is 42.0 Å². The Hall–Kier alpha value is -4.02. The highest BCUT2D eigenvalue weighted by molar-refractivity contribution is 7.89. The average Bonchev–Trinajstić information content (AvgIpc) is 3.66. The van der Waals surface area contributed by atoms with E-state index in [0.717, 1.165) is 22.4 Å². The zero-order valence-electron chi connectivity index (χ0n) is 22.4. The molecule has 40 heavy (non-hydrogen) atoms. The fourth-order valence-corrected chi connectivity index (χ4v) is 6.68. The minimum absolute atomic E-state index is 0.121. The van der Waals surface area contributed by atoms with Crippen LogP contribution in [0.3, 0.4) is 0 Å². The van der Waals surface area contributed by atoms with E-state index in [1.165, 1.54) is 21.4 Å². The Morgan fingerprint density at radius 1 is 0.975 bits per heavy atom. The van der Waals surface area contributed by atoms with Crippen LogP contribution in [0.15, 0.2) is 88.9 Å². The van der Waals surface area contributed by atoms with Crippen molar-refractivity contribution in [3.05, 3.63) is 95.6 Å². The van der Waals surface area contributed by atoms with Gasteiger partial charge in [-0.3, -0.25) is 9.59 Å². The van der Waals surface area contributed by atoms with Gasteiger partial charge in [0.1, 0.15) is 11.8 Å². The van der Waals surface area contributed by atoms with Gasteiger partial charge in [-0.1, -0.05) is 60.2 Å². The summed E-state index contributed by atoms with van der Waals surface area (Å²) >= 11 is 0. The molecule has 2 aliphatic rings. The molecule has 0 saturated carbocycles. The molecular formula is C30H31N3O6S. The third-order valence-electron chi connectivity index (χ3n) is 7.21. The second-order valence-corrected chi connectivity index (χ2v) is 11.7. The normalized spacial score (nSPS) is 19.4. The third-order valence-corrected chi connectivity index (χ3v) is 9.14. The molecule has 5 rings (SSSR count).